The van der Waals surface area contributed by atoms with Gasteiger partial charge in [0.15, 0.2) is 0 Å². The summed E-state index contributed by atoms with van der Waals surface area (Å²) >= 11 is 5.41. The van der Waals surface area contributed by atoms with Gasteiger partial charge < -0.3 is 9.84 Å². The molecule has 0 spiro atoms. The Morgan fingerprint density at radius 2 is 1.89 bits per heavy atom. The Bertz CT molecular complexity index is 596. The molecule has 3 nitrogen and oxygen atoms in total. The fourth-order valence-corrected chi connectivity index (χ4v) is 2.23. The molecule has 0 saturated heterocycles. The number of phenolic OH excluding ortho intramolecular Hbond substituents is 1. The topological polar surface area (TPSA) is 46.5 Å². The van der Waals surface area contributed by atoms with Crippen molar-refractivity contribution in [1.82, 2.24) is 0 Å². The molecule has 2 aromatic rings. The molecule has 19 heavy (non-hydrogen) atoms. The summed E-state index contributed by atoms with van der Waals surface area (Å²) in [5.41, 5.74) is 1.07. The van der Waals surface area contributed by atoms with Gasteiger partial charge in [-0.3, -0.25) is 0 Å². The average molecular weight is 433 g/mol. The molecule has 0 fully saturated rings. The van der Waals surface area contributed by atoms with Crippen LogP contribution in [-0.2, 0) is 11.3 Å². The van der Waals surface area contributed by atoms with Gasteiger partial charge in [-0.05, 0) is 58.5 Å². The van der Waals surface area contributed by atoms with E-state index < -0.39 is 5.97 Å². The van der Waals surface area contributed by atoms with Gasteiger partial charge in [0.25, 0.3) is 0 Å². The van der Waals surface area contributed by atoms with Crippen LogP contribution in [-0.4, -0.2) is 11.1 Å². The fraction of sp³-hybridized carbons (Fsp3) is 0.0714. The predicted octanol–water partition coefficient (Wildman–Crippen LogP) is 4.12. The Kier molecular flexibility index (Phi) is 4.81. The van der Waals surface area contributed by atoms with E-state index in [1.165, 1.54) is 6.07 Å². The van der Waals surface area contributed by atoms with Crippen LogP contribution in [0.2, 0.25) is 0 Å². The molecule has 0 aromatic heterocycles. The van der Waals surface area contributed by atoms with E-state index in [0.29, 0.717) is 0 Å². The lowest BCUT2D eigenvalue weighted by Gasteiger charge is -2.07. The molecule has 5 heteroatoms. The van der Waals surface area contributed by atoms with Crippen molar-refractivity contribution in [2.45, 2.75) is 6.61 Å². The van der Waals surface area contributed by atoms with Gasteiger partial charge in [-0.1, -0.05) is 28.1 Å². The minimum atomic E-state index is -0.529. The number of esters is 1. The molecule has 0 heterocycles. The quantitative estimate of drug-likeness (QED) is 0.586. The second-order valence-electron chi connectivity index (χ2n) is 3.86. The molecular weight excluding hydrogens is 423 g/mol. The van der Waals surface area contributed by atoms with E-state index in [1.54, 1.807) is 12.1 Å². The highest BCUT2D eigenvalue weighted by Crippen LogP contribution is 2.21. The van der Waals surface area contributed by atoms with E-state index in [9.17, 15) is 9.90 Å². The lowest BCUT2D eigenvalue weighted by molar-refractivity contribution is 0.0469. The SMILES string of the molecule is O=C(OCc1ccc(Br)cc1)c1cc(I)ccc1O. The zero-order valence-corrected chi connectivity index (χ0v) is 13.5. The van der Waals surface area contributed by atoms with Gasteiger partial charge >= 0.3 is 5.97 Å². The number of hydrogen-bond acceptors (Lipinski definition) is 3. The van der Waals surface area contributed by atoms with E-state index >= 15 is 0 Å². The Labute approximate surface area is 132 Å². The van der Waals surface area contributed by atoms with Crippen molar-refractivity contribution in [3.63, 3.8) is 0 Å². The van der Waals surface area contributed by atoms with Crippen LogP contribution in [0.15, 0.2) is 46.9 Å². The molecule has 0 unspecified atom stereocenters. The highest BCUT2D eigenvalue weighted by molar-refractivity contribution is 14.1. The van der Waals surface area contributed by atoms with E-state index in [-0.39, 0.29) is 17.9 Å². The largest absolute Gasteiger partial charge is 0.507 e. The Balaban J connectivity index is 2.05. The number of hydrogen-bond donors (Lipinski definition) is 1. The molecule has 2 aromatic carbocycles. The number of phenols is 1. The van der Waals surface area contributed by atoms with Crippen molar-refractivity contribution in [1.29, 1.82) is 0 Å². The second kappa shape index (κ2) is 6.38. The summed E-state index contributed by atoms with van der Waals surface area (Å²) in [6.07, 6.45) is 0. The number of rotatable bonds is 3. The van der Waals surface area contributed by atoms with Crippen molar-refractivity contribution in [2.24, 2.45) is 0 Å². The van der Waals surface area contributed by atoms with E-state index in [2.05, 4.69) is 38.5 Å². The van der Waals surface area contributed by atoms with Crippen LogP contribution in [0.4, 0.5) is 0 Å². The first kappa shape index (κ1) is 14.3. The van der Waals surface area contributed by atoms with Gasteiger partial charge in [0.05, 0.1) is 0 Å². The summed E-state index contributed by atoms with van der Waals surface area (Å²) in [7, 11) is 0. The zero-order valence-electron chi connectivity index (χ0n) is 9.77. The van der Waals surface area contributed by atoms with Crippen LogP contribution < -0.4 is 0 Å². The maximum Gasteiger partial charge on any atom is 0.342 e. The van der Waals surface area contributed by atoms with Crippen molar-refractivity contribution < 1.29 is 14.6 Å². The van der Waals surface area contributed by atoms with Crippen LogP contribution >= 0.6 is 38.5 Å². The number of ether oxygens (including phenoxy) is 1. The molecule has 0 aliphatic heterocycles. The van der Waals surface area contributed by atoms with Gasteiger partial charge in [-0.25, -0.2) is 4.79 Å². The maximum atomic E-state index is 11.9. The third-order valence-corrected chi connectivity index (χ3v) is 3.66. The molecule has 0 aliphatic rings. The van der Waals surface area contributed by atoms with Crippen LogP contribution in [0.1, 0.15) is 15.9 Å². The zero-order chi connectivity index (χ0) is 13.8. The average Bonchev–Trinajstić information content (AvgIpc) is 2.40. The molecule has 0 aliphatic carbocycles. The number of carbonyl (C=O) groups is 1. The third kappa shape index (κ3) is 3.94. The maximum absolute atomic E-state index is 11.9. The van der Waals surface area contributed by atoms with E-state index in [1.807, 2.05) is 24.3 Å². The summed E-state index contributed by atoms with van der Waals surface area (Å²) in [6.45, 7) is 0.178. The number of benzene rings is 2. The van der Waals surface area contributed by atoms with Gasteiger partial charge in [-0.15, -0.1) is 0 Å². The normalized spacial score (nSPS) is 10.2. The van der Waals surface area contributed by atoms with Crippen LogP contribution in [0.5, 0.6) is 5.75 Å². The van der Waals surface area contributed by atoms with Crippen LogP contribution in [0, 0.1) is 3.57 Å². The molecule has 0 radical (unpaired) electrons. The molecule has 0 bridgehead atoms. The Morgan fingerprint density at radius 1 is 1.21 bits per heavy atom. The lowest BCUT2D eigenvalue weighted by atomic mass is 10.2. The smallest absolute Gasteiger partial charge is 0.342 e. The minimum absolute atomic E-state index is 0.0683. The number of aromatic hydroxyl groups is 1. The second-order valence-corrected chi connectivity index (χ2v) is 6.03. The minimum Gasteiger partial charge on any atom is -0.507 e. The molecule has 0 saturated carbocycles. The summed E-state index contributed by atoms with van der Waals surface area (Å²) in [6, 6.07) is 12.3. The molecule has 98 valence electrons. The standard InChI is InChI=1S/C14H10BrIO3/c15-10-3-1-9(2-4-10)8-19-14(18)12-7-11(16)5-6-13(12)17/h1-7,17H,8H2. The number of halogens is 2. The van der Waals surface area contributed by atoms with Crippen LogP contribution in [0.25, 0.3) is 0 Å². The highest BCUT2D eigenvalue weighted by atomic mass is 127. The predicted molar refractivity (Wildman–Crippen MR) is 84.1 cm³/mol. The summed E-state index contributed by atoms with van der Waals surface area (Å²) in [5.74, 6) is -0.597. The summed E-state index contributed by atoms with van der Waals surface area (Å²) < 4.78 is 7.01. The van der Waals surface area contributed by atoms with Crippen molar-refractivity contribution in [3.05, 3.63) is 61.6 Å². The van der Waals surface area contributed by atoms with Gasteiger partial charge in [0.1, 0.15) is 17.9 Å². The van der Waals surface area contributed by atoms with Gasteiger partial charge in [-0.2, -0.15) is 0 Å². The Hall–Kier alpha value is -1.08. The first-order valence-corrected chi connectivity index (χ1v) is 7.33. The third-order valence-electron chi connectivity index (χ3n) is 2.46. The van der Waals surface area contributed by atoms with E-state index in [0.717, 1.165) is 13.6 Å². The molecule has 0 atom stereocenters. The Morgan fingerprint density at radius 3 is 2.58 bits per heavy atom. The van der Waals surface area contributed by atoms with Crippen LogP contribution in [0.3, 0.4) is 0 Å². The van der Waals surface area contributed by atoms with Crippen molar-refractivity contribution in [2.75, 3.05) is 0 Å². The summed E-state index contributed by atoms with van der Waals surface area (Å²) in [4.78, 5) is 11.9. The first-order valence-electron chi connectivity index (χ1n) is 5.46. The lowest BCUT2D eigenvalue weighted by Crippen LogP contribution is -2.05. The fourth-order valence-electron chi connectivity index (χ4n) is 1.48. The molecule has 1 N–H and O–H groups in total. The highest BCUT2D eigenvalue weighted by Gasteiger charge is 2.13. The monoisotopic (exact) mass is 432 g/mol. The van der Waals surface area contributed by atoms with Gasteiger partial charge in [0, 0.05) is 8.04 Å². The van der Waals surface area contributed by atoms with Crippen molar-refractivity contribution >= 4 is 44.5 Å². The van der Waals surface area contributed by atoms with E-state index in [4.69, 9.17) is 4.74 Å². The molecule has 2 rings (SSSR count). The first-order chi connectivity index (χ1) is 9.06. The molecular formula is C14H10BrIO3. The summed E-state index contributed by atoms with van der Waals surface area (Å²) in [5, 5.41) is 9.63. The number of carbonyl (C=O) groups excluding carboxylic acids is 1. The van der Waals surface area contributed by atoms with Gasteiger partial charge in [0.2, 0.25) is 0 Å². The van der Waals surface area contributed by atoms with Crippen molar-refractivity contribution in [3.8, 4) is 5.75 Å². The molecule has 0 amide bonds.